The Labute approximate surface area is 194 Å². The SMILES string of the molecule is CCCCCOc1ccc([C@H](C)NC(=O)CCn2cnc3c(C)cccc3c2=O)cc1OC. The molecule has 2 aromatic carbocycles. The van der Waals surface area contributed by atoms with Crippen LogP contribution in [0.25, 0.3) is 10.9 Å². The number of nitrogens with one attached hydrogen (secondary N) is 1. The first-order chi connectivity index (χ1) is 15.9. The number of amides is 1. The lowest BCUT2D eigenvalue weighted by Crippen LogP contribution is -2.29. The van der Waals surface area contributed by atoms with E-state index in [9.17, 15) is 9.59 Å². The molecule has 33 heavy (non-hydrogen) atoms. The Balaban J connectivity index is 1.60. The number of aryl methyl sites for hydroxylation is 2. The van der Waals surface area contributed by atoms with Gasteiger partial charge in [0.25, 0.3) is 5.56 Å². The normalized spacial score (nSPS) is 11.9. The topological polar surface area (TPSA) is 82.5 Å². The second kappa shape index (κ2) is 11.5. The van der Waals surface area contributed by atoms with Gasteiger partial charge in [0.2, 0.25) is 5.91 Å². The lowest BCUT2D eigenvalue weighted by molar-refractivity contribution is -0.121. The molecule has 0 bridgehead atoms. The molecule has 0 radical (unpaired) electrons. The molecule has 7 nitrogen and oxygen atoms in total. The molecule has 1 amide bonds. The van der Waals surface area contributed by atoms with Crippen molar-refractivity contribution in [3.05, 3.63) is 64.2 Å². The molecular formula is C26H33N3O4. The molecule has 3 aromatic rings. The van der Waals surface area contributed by atoms with Gasteiger partial charge < -0.3 is 14.8 Å². The summed E-state index contributed by atoms with van der Waals surface area (Å²) < 4.78 is 12.8. The number of ether oxygens (including phenoxy) is 2. The molecule has 7 heteroatoms. The fourth-order valence-corrected chi connectivity index (χ4v) is 3.72. The van der Waals surface area contributed by atoms with Gasteiger partial charge in [-0.15, -0.1) is 0 Å². The van der Waals surface area contributed by atoms with Crippen LogP contribution in [0.2, 0.25) is 0 Å². The number of hydrogen-bond acceptors (Lipinski definition) is 5. The van der Waals surface area contributed by atoms with Crippen molar-refractivity contribution in [2.24, 2.45) is 0 Å². The van der Waals surface area contributed by atoms with Crippen LogP contribution >= 0.6 is 0 Å². The maximum Gasteiger partial charge on any atom is 0.261 e. The van der Waals surface area contributed by atoms with E-state index in [2.05, 4.69) is 17.2 Å². The average Bonchev–Trinajstić information content (AvgIpc) is 2.82. The molecule has 0 aliphatic rings. The number of benzene rings is 2. The van der Waals surface area contributed by atoms with Gasteiger partial charge in [0.05, 0.1) is 37.0 Å². The van der Waals surface area contributed by atoms with Gasteiger partial charge in [-0.1, -0.05) is 38.0 Å². The van der Waals surface area contributed by atoms with E-state index in [1.54, 1.807) is 13.2 Å². The first-order valence-corrected chi connectivity index (χ1v) is 11.5. The van der Waals surface area contributed by atoms with Crippen molar-refractivity contribution < 1.29 is 14.3 Å². The van der Waals surface area contributed by atoms with E-state index in [1.807, 2.05) is 44.2 Å². The van der Waals surface area contributed by atoms with Gasteiger partial charge in [-0.3, -0.25) is 14.2 Å². The fraction of sp³-hybridized carbons (Fsp3) is 0.423. The van der Waals surface area contributed by atoms with Crippen LogP contribution in [-0.4, -0.2) is 29.2 Å². The van der Waals surface area contributed by atoms with Crippen LogP contribution < -0.4 is 20.3 Å². The lowest BCUT2D eigenvalue weighted by atomic mass is 10.1. The third-order valence-corrected chi connectivity index (χ3v) is 5.71. The lowest BCUT2D eigenvalue weighted by Gasteiger charge is -2.17. The van der Waals surface area contributed by atoms with Crippen LogP contribution in [0.4, 0.5) is 0 Å². The molecule has 0 aliphatic carbocycles. The highest BCUT2D eigenvalue weighted by Gasteiger charge is 2.14. The van der Waals surface area contributed by atoms with E-state index in [-0.39, 0.29) is 30.5 Å². The van der Waals surface area contributed by atoms with Gasteiger partial charge in [-0.05, 0) is 49.6 Å². The second-order valence-corrected chi connectivity index (χ2v) is 8.22. The van der Waals surface area contributed by atoms with Crippen LogP contribution in [0.3, 0.4) is 0 Å². The quantitative estimate of drug-likeness (QED) is 0.433. The van der Waals surface area contributed by atoms with Crippen molar-refractivity contribution >= 4 is 16.8 Å². The summed E-state index contributed by atoms with van der Waals surface area (Å²) in [7, 11) is 1.61. The summed E-state index contributed by atoms with van der Waals surface area (Å²) in [4.78, 5) is 29.7. The molecule has 0 fully saturated rings. The van der Waals surface area contributed by atoms with Gasteiger partial charge in [0.15, 0.2) is 11.5 Å². The van der Waals surface area contributed by atoms with Crippen LogP contribution in [0.15, 0.2) is 47.5 Å². The highest BCUT2D eigenvalue weighted by Crippen LogP contribution is 2.30. The monoisotopic (exact) mass is 451 g/mol. The Morgan fingerprint density at radius 3 is 2.76 bits per heavy atom. The van der Waals surface area contributed by atoms with E-state index in [0.717, 1.165) is 30.4 Å². The predicted octanol–water partition coefficient (Wildman–Crippen LogP) is 4.55. The number of hydrogen-bond donors (Lipinski definition) is 1. The van der Waals surface area contributed by atoms with Gasteiger partial charge in [0.1, 0.15) is 0 Å². The number of aromatic nitrogens is 2. The van der Waals surface area contributed by atoms with Crippen LogP contribution in [0.1, 0.15) is 56.7 Å². The van der Waals surface area contributed by atoms with Crippen molar-refractivity contribution in [3.63, 3.8) is 0 Å². The molecule has 1 atom stereocenters. The third kappa shape index (κ3) is 6.12. The highest BCUT2D eigenvalue weighted by atomic mass is 16.5. The predicted molar refractivity (Wildman–Crippen MR) is 130 cm³/mol. The number of methoxy groups -OCH3 is 1. The Morgan fingerprint density at radius 1 is 1.18 bits per heavy atom. The molecule has 3 rings (SSSR count). The van der Waals surface area contributed by atoms with Gasteiger partial charge in [-0.25, -0.2) is 4.98 Å². The van der Waals surface area contributed by atoms with Gasteiger partial charge >= 0.3 is 0 Å². The van der Waals surface area contributed by atoms with Crippen molar-refractivity contribution in [1.29, 1.82) is 0 Å². The minimum Gasteiger partial charge on any atom is -0.493 e. The van der Waals surface area contributed by atoms with Crippen LogP contribution in [0, 0.1) is 6.92 Å². The highest BCUT2D eigenvalue weighted by molar-refractivity contribution is 5.80. The summed E-state index contributed by atoms with van der Waals surface area (Å²) >= 11 is 0. The zero-order valence-corrected chi connectivity index (χ0v) is 19.9. The largest absolute Gasteiger partial charge is 0.493 e. The van der Waals surface area contributed by atoms with Gasteiger partial charge in [-0.2, -0.15) is 0 Å². The summed E-state index contributed by atoms with van der Waals surface area (Å²) in [5, 5.41) is 3.56. The van der Waals surface area contributed by atoms with Crippen molar-refractivity contribution in [3.8, 4) is 11.5 Å². The molecule has 0 saturated carbocycles. The van der Waals surface area contributed by atoms with E-state index in [0.29, 0.717) is 29.0 Å². The van der Waals surface area contributed by atoms with Crippen LogP contribution in [0.5, 0.6) is 11.5 Å². The Kier molecular flexibility index (Phi) is 8.46. The summed E-state index contributed by atoms with van der Waals surface area (Å²) in [6.07, 6.45) is 4.97. The Bertz CT molecular complexity index is 1160. The zero-order valence-electron chi connectivity index (χ0n) is 19.9. The number of para-hydroxylation sites is 1. The minimum absolute atomic E-state index is 0.135. The zero-order chi connectivity index (χ0) is 23.8. The van der Waals surface area contributed by atoms with Gasteiger partial charge in [0, 0.05) is 13.0 Å². The Hall–Kier alpha value is -3.35. The smallest absolute Gasteiger partial charge is 0.261 e. The van der Waals surface area contributed by atoms with Crippen molar-refractivity contribution in [2.75, 3.05) is 13.7 Å². The van der Waals surface area contributed by atoms with E-state index < -0.39 is 0 Å². The van der Waals surface area contributed by atoms with E-state index in [4.69, 9.17) is 9.47 Å². The van der Waals surface area contributed by atoms with E-state index >= 15 is 0 Å². The number of carbonyl (C=O) groups is 1. The molecule has 0 unspecified atom stereocenters. The van der Waals surface area contributed by atoms with Crippen LogP contribution in [-0.2, 0) is 11.3 Å². The maximum absolute atomic E-state index is 12.7. The fourth-order valence-electron chi connectivity index (χ4n) is 3.72. The summed E-state index contributed by atoms with van der Waals surface area (Å²) in [6, 6.07) is 11.0. The molecule has 1 aromatic heterocycles. The first-order valence-electron chi connectivity index (χ1n) is 11.5. The number of fused-ring (bicyclic) bond motifs is 1. The molecule has 1 N–H and O–H groups in total. The maximum atomic E-state index is 12.7. The number of unbranched alkanes of at least 4 members (excludes halogenated alkanes) is 2. The first kappa shape index (κ1) is 24.3. The number of rotatable bonds is 11. The number of carbonyl (C=O) groups excluding carboxylic acids is 1. The molecule has 0 saturated heterocycles. The third-order valence-electron chi connectivity index (χ3n) is 5.71. The molecule has 176 valence electrons. The minimum atomic E-state index is -0.213. The second-order valence-electron chi connectivity index (χ2n) is 8.22. The molecular weight excluding hydrogens is 418 g/mol. The Morgan fingerprint density at radius 2 is 2.00 bits per heavy atom. The van der Waals surface area contributed by atoms with Crippen molar-refractivity contribution in [1.82, 2.24) is 14.9 Å². The molecule has 1 heterocycles. The standard InChI is InChI=1S/C26H33N3O4/c1-5-6-7-15-33-22-12-11-20(16-23(22)32-4)19(3)28-24(30)13-14-29-17-27-25-18(2)9-8-10-21(25)26(29)31/h8-12,16-17,19H,5-7,13-15H2,1-4H3,(H,28,30)/t19-/m0/s1. The molecule has 0 spiro atoms. The summed E-state index contributed by atoms with van der Waals surface area (Å²) in [5.41, 5.74) is 2.43. The molecule has 0 aliphatic heterocycles. The number of nitrogens with zero attached hydrogens (tertiary/aromatic N) is 2. The summed E-state index contributed by atoms with van der Waals surface area (Å²) in [6.45, 7) is 6.92. The summed E-state index contributed by atoms with van der Waals surface area (Å²) in [5.74, 6) is 1.21. The van der Waals surface area contributed by atoms with Crippen molar-refractivity contribution in [2.45, 2.75) is 59.0 Å². The van der Waals surface area contributed by atoms with E-state index in [1.165, 1.54) is 10.9 Å². The average molecular weight is 452 g/mol.